The molecule has 17 heavy (non-hydrogen) atoms. The van der Waals surface area contributed by atoms with Gasteiger partial charge in [-0.25, -0.2) is 4.79 Å². The van der Waals surface area contributed by atoms with E-state index in [-0.39, 0.29) is 5.63 Å². The van der Waals surface area contributed by atoms with Gasteiger partial charge in [0.15, 0.2) is 0 Å². The van der Waals surface area contributed by atoms with Crippen molar-refractivity contribution >= 4 is 26.9 Å². The van der Waals surface area contributed by atoms with Gasteiger partial charge in [-0.3, -0.25) is 0 Å². The monoisotopic (exact) mass is 294 g/mol. The number of unbranched alkanes of at least 4 members (excludes halogenated alkanes) is 2. The van der Waals surface area contributed by atoms with E-state index < -0.39 is 0 Å². The molecule has 0 amide bonds. The number of benzene rings is 1. The lowest BCUT2D eigenvalue weighted by atomic mass is 10.0. The Balaban J connectivity index is 2.50. The van der Waals surface area contributed by atoms with Crippen molar-refractivity contribution in [1.29, 1.82) is 0 Å². The van der Waals surface area contributed by atoms with E-state index >= 15 is 0 Å². The van der Waals surface area contributed by atoms with Crippen molar-refractivity contribution in [3.8, 4) is 0 Å². The molecule has 2 aromatic rings. The van der Waals surface area contributed by atoms with Gasteiger partial charge in [0.1, 0.15) is 10.1 Å². The van der Waals surface area contributed by atoms with Crippen molar-refractivity contribution in [2.24, 2.45) is 0 Å². The molecule has 0 aliphatic carbocycles. The van der Waals surface area contributed by atoms with Crippen molar-refractivity contribution in [3.05, 3.63) is 44.7 Å². The van der Waals surface area contributed by atoms with Crippen LogP contribution < -0.4 is 5.63 Å². The molecule has 2 rings (SSSR count). The van der Waals surface area contributed by atoms with Crippen LogP contribution in [-0.4, -0.2) is 0 Å². The lowest BCUT2D eigenvalue weighted by Gasteiger charge is -2.07. The summed E-state index contributed by atoms with van der Waals surface area (Å²) in [7, 11) is 0. The molecule has 1 aromatic carbocycles. The van der Waals surface area contributed by atoms with Crippen LogP contribution in [0.4, 0.5) is 0 Å². The lowest BCUT2D eigenvalue weighted by molar-refractivity contribution is 0.553. The summed E-state index contributed by atoms with van der Waals surface area (Å²) in [5.41, 5.74) is 1.47. The average Bonchev–Trinajstić information content (AvgIpc) is 2.34. The zero-order valence-corrected chi connectivity index (χ0v) is 11.4. The Morgan fingerprint density at radius 2 is 2.00 bits per heavy atom. The number of aryl methyl sites for hydroxylation is 1. The molecule has 1 aromatic heterocycles. The van der Waals surface area contributed by atoms with E-state index in [0.29, 0.717) is 10.1 Å². The number of hydrogen-bond acceptors (Lipinski definition) is 2. The Labute approximate surface area is 109 Å². The summed E-state index contributed by atoms with van der Waals surface area (Å²) >= 11 is 3.35. The Hall–Kier alpha value is -1.09. The zero-order chi connectivity index (χ0) is 12.3. The fourth-order valence-electron chi connectivity index (χ4n) is 1.99. The van der Waals surface area contributed by atoms with E-state index in [2.05, 4.69) is 22.9 Å². The summed E-state index contributed by atoms with van der Waals surface area (Å²) in [6.45, 7) is 2.17. The van der Waals surface area contributed by atoms with Crippen molar-refractivity contribution in [1.82, 2.24) is 0 Å². The van der Waals surface area contributed by atoms with Gasteiger partial charge in [-0.1, -0.05) is 38.0 Å². The zero-order valence-electron chi connectivity index (χ0n) is 9.83. The summed E-state index contributed by atoms with van der Waals surface area (Å²) in [4.78, 5) is 11.7. The molecule has 0 spiro atoms. The van der Waals surface area contributed by atoms with Crippen molar-refractivity contribution in [2.75, 3.05) is 0 Å². The van der Waals surface area contributed by atoms with Crippen molar-refractivity contribution in [2.45, 2.75) is 32.6 Å². The molecule has 0 saturated heterocycles. The highest BCUT2D eigenvalue weighted by Gasteiger charge is 2.11. The van der Waals surface area contributed by atoms with Gasteiger partial charge in [0.25, 0.3) is 0 Å². The summed E-state index contributed by atoms with van der Waals surface area (Å²) in [5, 5.41) is 1.04. The first kappa shape index (κ1) is 12.4. The predicted molar refractivity (Wildman–Crippen MR) is 73.4 cm³/mol. The Morgan fingerprint density at radius 3 is 2.76 bits per heavy atom. The molecule has 0 unspecified atom stereocenters. The first-order valence-electron chi connectivity index (χ1n) is 5.94. The molecule has 1 heterocycles. The van der Waals surface area contributed by atoms with Crippen molar-refractivity contribution in [3.63, 3.8) is 0 Å². The molecule has 3 heteroatoms. The van der Waals surface area contributed by atoms with E-state index in [9.17, 15) is 4.79 Å². The second-order valence-electron chi connectivity index (χ2n) is 4.14. The van der Waals surface area contributed by atoms with Crippen LogP contribution in [0.15, 0.2) is 37.9 Å². The number of fused-ring (bicyclic) bond motifs is 1. The maximum absolute atomic E-state index is 11.7. The highest BCUT2D eigenvalue weighted by molar-refractivity contribution is 9.10. The predicted octanol–water partition coefficient (Wildman–Crippen LogP) is 4.29. The van der Waals surface area contributed by atoms with Gasteiger partial charge in [-0.15, -0.1) is 0 Å². The van der Waals surface area contributed by atoms with Gasteiger partial charge >= 0.3 is 5.63 Å². The average molecular weight is 295 g/mol. The van der Waals surface area contributed by atoms with Crippen LogP contribution in [0, 0.1) is 0 Å². The van der Waals surface area contributed by atoms with Crippen molar-refractivity contribution < 1.29 is 4.42 Å². The molecule has 2 nitrogen and oxygen atoms in total. The molecule has 0 aliphatic rings. The second kappa shape index (κ2) is 5.50. The fourth-order valence-corrected chi connectivity index (χ4v) is 2.48. The third-order valence-corrected chi connectivity index (χ3v) is 3.69. The molecule has 0 N–H and O–H groups in total. The number of rotatable bonds is 4. The third-order valence-electron chi connectivity index (χ3n) is 2.89. The summed E-state index contributed by atoms with van der Waals surface area (Å²) in [6, 6.07) is 7.70. The maximum Gasteiger partial charge on any atom is 0.350 e. The molecule has 0 saturated carbocycles. The van der Waals surface area contributed by atoms with Crippen LogP contribution in [0.25, 0.3) is 11.0 Å². The second-order valence-corrected chi connectivity index (χ2v) is 4.93. The summed E-state index contributed by atoms with van der Waals surface area (Å²) < 4.78 is 5.81. The summed E-state index contributed by atoms with van der Waals surface area (Å²) in [5.74, 6) is 0. The van der Waals surface area contributed by atoms with Crippen LogP contribution in [0.3, 0.4) is 0 Å². The van der Waals surface area contributed by atoms with Gasteiger partial charge in [0.05, 0.1) is 0 Å². The largest absolute Gasteiger partial charge is 0.422 e. The molecular formula is C14H15BrO2. The number of hydrogen-bond donors (Lipinski definition) is 0. The molecule has 90 valence electrons. The Morgan fingerprint density at radius 1 is 1.24 bits per heavy atom. The first-order chi connectivity index (χ1) is 8.24. The van der Waals surface area contributed by atoms with Crippen LogP contribution in [0.5, 0.6) is 0 Å². The van der Waals surface area contributed by atoms with Crippen LogP contribution in [-0.2, 0) is 6.42 Å². The summed E-state index contributed by atoms with van der Waals surface area (Å²) in [6.07, 6.45) is 4.38. The quantitative estimate of drug-likeness (QED) is 0.622. The fraction of sp³-hybridized carbons (Fsp3) is 0.357. The Bertz CT molecular complexity index is 572. The smallest absolute Gasteiger partial charge is 0.350 e. The van der Waals surface area contributed by atoms with Crippen LogP contribution >= 0.6 is 15.9 Å². The van der Waals surface area contributed by atoms with E-state index in [4.69, 9.17) is 4.42 Å². The minimum Gasteiger partial charge on any atom is -0.422 e. The normalized spacial score (nSPS) is 10.9. The highest BCUT2D eigenvalue weighted by Crippen LogP contribution is 2.25. The van der Waals surface area contributed by atoms with E-state index in [1.54, 1.807) is 0 Å². The molecule has 0 fully saturated rings. The number of para-hydroxylation sites is 1. The van der Waals surface area contributed by atoms with E-state index in [1.807, 2.05) is 24.3 Å². The minimum atomic E-state index is -0.282. The third kappa shape index (κ3) is 2.60. The first-order valence-corrected chi connectivity index (χ1v) is 6.73. The Kier molecular flexibility index (Phi) is 4.00. The molecule has 0 bridgehead atoms. The van der Waals surface area contributed by atoms with Gasteiger partial charge in [0, 0.05) is 5.39 Å². The SMILES string of the molecule is CCCCCc1c(Br)c(=O)oc2ccccc12. The minimum absolute atomic E-state index is 0.282. The van der Waals surface area contributed by atoms with Crippen LogP contribution in [0.1, 0.15) is 31.7 Å². The molecule has 0 radical (unpaired) electrons. The van der Waals surface area contributed by atoms with Gasteiger partial charge < -0.3 is 4.42 Å². The van der Waals surface area contributed by atoms with Gasteiger partial charge in [0.2, 0.25) is 0 Å². The topological polar surface area (TPSA) is 30.2 Å². The van der Waals surface area contributed by atoms with Gasteiger partial charge in [-0.2, -0.15) is 0 Å². The molecule has 0 aliphatic heterocycles. The number of halogens is 1. The molecule has 0 atom stereocenters. The molecular weight excluding hydrogens is 280 g/mol. The van der Waals surface area contributed by atoms with E-state index in [1.165, 1.54) is 12.8 Å². The maximum atomic E-state index is 11.7. The highest BCUT2D eigenvalue weighted by atomic mass is 79.9. The standard InChI is InChI=1S/C14H15BrO2/c1-2-3-4-8-11-10-7-5-6-9-12(10)17-14(16)13(11)15/h5-7,9H,2-4,8H2,1H3. The van der Waals surface area contributed by atoms with E-state index in [0.717, 1.165) is 23.8 Å². The van der Waals surface area contributed by atoms with Crippen LogP contribution in [0.2, 0.25) is 0 Å². The lowest BCUT2D eigenvalue weighted by Crippen LogP contribution is -2.04. The van der Waals surface area contributed by atoms with Gasteiger partial charge in [-0.05, 0) is 40.4 Å².